The van der Waals surface area contributed by atoms with Gasteiger partial charge >= 0.3 is 0 Å². The van der Waals surface area contributed by atoms with Crippen molar-refractivity contribution in [3.63, 3.8) is 0 Å². The zero-order valence-electron chi connectivity index (χ0n) is 12.8. The Balaban J connectivity index is 1.97. The molecule has 0 aliphatic heterocycles. The van der Waals surface area contributed by atoms with Crippen molar-refractivity contribution >= 4 is 21.4 Å². The third-order valence-electron chi connectivity index (χ3n) is 3.22. The molecule has 0 aliphatic rings. The molecule has 7 nitrogen and oxygen atoms in total. The summed E-state index contributed by atoms with van der Waals surface area (Å²) < 4.78 is 39.7. The maximum absolute atomic E-state index is 13.2. The van der Waals surface area contributed by atoms with Crippen molar-refractivity contribution in [3.05, 3.63) is 64.0 Å². The summed E-state index contributed by atoms with van der Waals surface area (Å²) in [5.74, 6) is -0.622. The van der Waals surface area contributed by atoms with Gasteiger partial charge in [-0.1, -0.05) is 17.7 Å². The minimum Gasteiger partial charge on any atom is -0.378 e. The summed E-state index contributed by atoms with van der Waals surface area (Å²) in [6.07, 6.45) is 0. The number of anilines is 1. The molecule has 0 spiro atoms. The smallest absolute Gasteiger partial charge is 0.292 e. The van der Waals surface area contributed by atoms with E-state index in [1.807, 2.05) is 6.92 Å². The Morgan fingerprint density at radius 3 is 2.42 bits per heavy atom. The Kier molecular flexibility index (Phi) is 5.47. The lowest BCUT2D eigenvalue weighted by Crippen LogP contribution is -2.29. The van der Waals surface area contributed by atoms with Crippen molar-refractivity contribution < 1.29 is 17.7 Å². The first-order valence-electron chi connectivity index (χ1n) is 7.04. The number of sulfonamides is 1. The second-order valence-electron chi connectivity index (χ2n) is 5.06. The Hall–Kier alpha value is -2.52. The topological polar surface area (TPSA) is 101 Å². The van der Waals surface area contributed by atoms with Crippen LogP contribution in [0.5, 0.6) is 0 Å². The molecule has 9 heteroatoms. The molecule has 24 heavy (non-hydrogen) atoms. The van der Waals surface area contributed by atoms with Crippen LogP contribution in [0.1, 0.15) is 5.56 Å². The molecule has 0 fully saturated rings. The van der Waals surface area contributed by atoms with Gasteiger partial charge in [-0.2, -0.15) is 0 Å². The van der Waals surface area contributed by atoms with Crippen molar-refractivity contribution in [1.29, 1.82) is 0 Å². The maximum Gasteiger partial charge on any atom is 0.292 e. The Morgan fingerprint density at radius 2 is 1.79 bits per heavy atom. The number of hydrogen-bond acceptors (Lipinski definition) is 5. The van der Waals surface area contributed by atoms with E-state index in [0.717, 1.165) is 23.8 Å². The van der Waals surface area contributed by atoms with Gasteiger partial charge < -0.3 is 5.32 Å². The van der Waals surface area contributed by atoms with Crippen molar-refractivity contribution in [2.45, 2.75) is 11.8 Å². The monoisotopic (exact) mass is 353 g/mol. The lowest BCUT2D eigenvalue weighted by Gasteiger charge is -2.09. The van der Waals surface area contributed by atoms with Gasteiger partial charge in [-0.15, -0.1) is 0 Å². The van der Waals surface area contributed by atoms with E-state index in [1.165, 1.54) is 12.1 Å². The highest BCUT2D eigenvalue weighted by Crippen LogP contribution is 2.24. The average Bonchev–Trinajstić information content (AvgIpc) is 2.52. The molecule has 2 rings (SSSR count). The third kappa shape index (κ3) is 4.49. The summed E-state index contributed by atoms with van der Waals surface area (Å²) in [7, 11) is -3.66. The minimum atomic E-state index is -3.66. The Labute approximate surface area is 138 Å². The van der Waals surface area contributed by atoms with Gasteiger partial charge in [-0.05, 0) is 25.1 Å². The first-order valence-corrected chi connectivity index (χ1v) is 8.52. The van der Waals surface area contributed by atoms with E-state index in [4.69, 9.17) is 0 Å². The Bertz CT molecular complexity index is 838. The van der Waals surface area contributed by atoms with Gasteiger partial charge in [-0.3, -0.25) is 10.1 Å². The van der Waals surface area contributed by atoms with E-state index >= 15 is 0 Å². The normalized spacial score (nSPS) is 11.2. The van der Waals surface area contributed by atoms with Crippen LogP contribution in [-0.4, -0.2) is 26.4 Å². The summed E-state index contributed by atoms with van der Waals surface area (Å²) in [5.41, 5.74) is 0.654. The fourth-order valence-corrected chi connectivity index (χ4v) is 3.02. The van der Waals surface area contributed by atoms with Gasteiger partial charge in [0.05, 0.1) is 9.82 Å². The van der Waals surface area contributed by atoms with Crippen molar-refractivity contribution in [3.8, 4) is 0 Å². The molecule has 0 aliphatic carbocycles. The molecular formula is C15H16FN3O4S. The number of nitrogens with zero attached hydrogens (tertiary/aromatic N) is 1. The van der Waals surface area contributed by atoms with Gasteiger partial charge in [0.15, 0.2) is 0 Å². The number of nitro benzene ring substituents is 1. The van der Waals surface area contributed by atoms with Crippen LogP contribution in [0, 0.1) is 22.9 Å². The van der Waals surface area contributed by atoms with Crippen LogP contribution in [0.4, 0.5) is 15.8 Å². The molecule has 0 amide bonds. The largest absolute Gasteiger partial charge is 0.378 e. The maximum atomic E-state index is 13.2. The Morgan fingerprint density at radius 1 is 1.12 bits per heavy atom. The van der Waals surface area contributed by atoms with E-state index in [-0.39, 0.29) is 29.4 Å². The quantitative estimate of drug-likeness (QED) is 0.452. The van der Waals surface area contributed by atoms with Gasteiger partial charge in [0.25, 0.3) is 5.69 Å². The van der Waals surface area contributed by atoms with Crippen LogP contribution < -0.4 is 10.0 Å². The first kappa shape index (κ1) is 17.8. The summed E-state index contributed by atoms with van der Waals surface area (Å²) in [5, 5.41) is 13.5. The highest BCUT2D eigenvalue weighted by Gasteiger charge is 2.15. The molecule has 0 aromatic heterocycles. The standard InChI is InChI=1S/C15H16FN3O4S/c1-11-2-5-13(6-3-11)24(22,23)18-9-8-17-14-10-12(16)4-7-15(14)19(20)21/h2-7,10,17-18H,8-9H2,1H3. The molecule has 0 radical (unpaired) electrons. The molecule has 0 atom stereocenters. The zero-order chi connectivity index (χ0) is 17.7. The predicted octanol–water partition coefficient (Wildman–Crippen LogP) is 2.43. The summed E-state index contributed by atoms with van der Waals surface area (Å²) in [6.45, 7) is 1.90. The summed E-state index contributed by atoms with van der Waals surface area (Å²) >= 11 is 0. The highest BCUT2D eigenvalue weighted by molar-refractivity contribution is 7.89. The number of nitro groups is 1. The van der Waals surface area contributed by atoms with Gasteiger partial charge in [0.2, 0.25) is 10.0 Å². The van der Waals surface area contributed by atoms with Crippen molar-refractivity contribution in [1.82, 2.24) is 4.72 Å². The molecule has 0 heterocycles. The first-order chi connectivity index (χ1) is 11.3. The van der Waals surface area contributed by atoms with Crippen LogP contribution >= 0.6 is 0 Å². The summed E-state index contributed by atoms with van der Waals surface area (Å²) in [6, 6.07) is 9.38. The SMILES string of the molecule is Cc1ccc(S(=O)(=O)NCCNc2cc(F)ccc2[N+](=O)[O-])cc1. The minimum absolute atomic E-state index is 0.00506. The van der Waals surface area contributed by atoms with Crippen molar-refractivity contribution in [2.24, 2.45) is 0 Å². The molecule has 2 N–H and O–H groups in total. The molecule has 0 unspecified atom stereocenters. The van der Waals surface area contributed by atoms with Crippen LogP contribution in [0.2, 0.25) is 0 Å². The number of aryl methyl sites for hydroxylation is 1. The van der Waals surface area contributed by atoms with Gasteiger partial charge in [-0.25, -0.2) is 17.5 Å². The summed E-state index contributed by atoms with van der Waals surface area (Å²) in [4.78, 5) is 10.4. The van der Waals surface area contributed by atoms with E-state index in [2.05, 4.69) is 10.0 Å². The van der Waals surface area contributed by atoms with E-state index < -0.39 is 20.8 Å². The molecular weight excluding hydrogens is 337 g/mol. The van der Waals surface area contributed by atoms with E-state index in [0.29, 0.717) is 0 Å². The lowest BCUT2D eigenvalue weighted by molar-refractivity contribution is -0.384. The van der Waals surface area contributed by atoms with Crippen LogP contribution in [0.25, 0.3) is 0 Å². The molecule has 0 bridgehead atoms. The zero-order valence-corrected chi connectivity index (χ0v) is 13.6. The van der Waals surface area contributed by atoms with Gasteiger partial charge in [0, 0.05) is 25.2 Å². The highest BCUT2D eigenvalue weighted by atomic mass is 32.2. The second kappa shape index (κ2) is 7.37. The predicted molar refractivity (Wildman–Crippen MR) is 87.9 cm³/mol. The van der Waals surface area contributed by atoms with E-state index in [9.17, 15) is 22.9 Å². The van der Waals surface area contributed by atoms with Crippen LogP contribution in [0.15, 0.2) is 47.4 Å². The van der Waals surface area contributed by atoms with Gasteiger partial charge in [0.1, 0.15) is 11.5 Å². The third-order valence-corrected chi connectivity index (χ3v) is 4.70. The number of hydrogen-bond donors (Lipinski definition) is 2. The van der Waals surface area contributed by atoms with E-state index in [1.54, 1.807) is 12.1 Å². The second-order valence-corrected chi connectivity index (χ2v) is 6.82. The van der Waals surface area contributed by atoms with Crippen LogP contribution in [0.3, 0.4) is 0 Å². The number of halogens is 1. The van der Waals surface area contributed by atoms with Crippen LogP contribution in [-0.2, 0) is 10.0 Å². The average molecular weight is 353 g/mol. The molecule has 0 saturated heterocycles. The number of rotatable bonds is 7. The molecule has 0 saturated carbocycles. The lowest BCUT2D eigenvalue weighted by atomic mass is 10.2. The number of benzene rings is 2. The molecule has 2 aromatic carbocycles. The number of nitrogens with one attached hydrogen (secondary N) is 2. The fraction of sp³-hybridized carbons (Fsp3) is 0.200. The fourth-order valence-electron chi connectivity index (χ4n) is 1.99. The van der Waals surface area contributed by atoms with Crippen molar-refractivity contribution in [2.75, 3.05) is 18.4 Å². The molecule has 128 valence electrons. The molecule has 2 aromatic rings.